The van der Waals surface area contributed by atoms with Crippen molar-refractivity contribution < 1.29 is 14.3 Å². The Balaban J connectivity index is 1.49. The van der Waals surface area contributed by atoms with Crippen LogP contribution < -0.4 is 14.8 Å². The summed E-state index contributed by atoms with van der Waals surface area (Å²) in [5.41, 5.74) is 3.40. The predicted molar refractivity (Wildman–Crippen MR) is 130 cm³/mol. The van der Waals surface area contributed by atoms with Gasteiger partial charge in [-0.05, 0) is 55.2 Å². The molecular weight excluding hydrogens is 430 g/mol. The fourth-order valence-corrected chi connectivity index (χ4v) is 3.96. The number of hydrogen-bond donors (Lipinski definition) is 1. The first-order valence-corrected chi connectivity index (χ1v) is 11.3. The second-order valence-electron chi connectivity index (χ2n) is 8.11. The molecule has 8 nitrogen and oxygen atoms in total. The number of rotatable bonds is 7. The van der Waals surface area contributed by atoms with Crippen LogP contribution in [0.2, 0.25) is 0 Å². The number of ether oxygens (including phenoxy) is 2. The maximum atomic E-state index is 12.7. The number of nitriles is 1. The van der Waals surface area contributed by atoms with Gasteiger partial charge in [-0.2, -0.15) is 5.26 Å². The number of nitrogens with zero attached hydrogens (tertiary/aromatic N) is 4. The second kappa shape index (κ2) is 10.7. The average molecular weight is 458 g/mol. The Labute approximate surface area is 198 Å². The van der Waals surface area contributed by atoms with E-state index in [0.29, 0.717) is 11.5 Å². The van der Waals surface area contributed by atoms with Gasteiger partial charge >= 0.3 is 0 Å². The number of hydrogen-bond acceptors (Lipinski definition) is 6. The molecular formula is C26H27N5O3. The Morgan fingerprint density at radius 2 is 2.06 bits per heavy atom. The lowest BCUT2D eigenvalue weighted by molar-refractivity contribution is -0.111. The zero-order valence-corrected chi connectivity index (χ0v) is 19.4. The van der Waals surface area contributed by atoms with Crippen LogP contribution in [0.5, 0.6) is 11.5 Å². The molecule has 0 saturated carbocycles. The van der Waals surface area contributed by atoms with Gasteiger partial charge in [-0.1, -0.05) is 24.6 Å². The molecule has 3 aromatic rings. The summed E-state index contributed by atoms with van der Waals surface area (Å²) >= 11 is 0. The zero-order chi connectivity index (χ0) is 23.9. The van der Waals surface area contributed by atoms with E-state index < -0.39 is 0 Å². The van der Waals surface area contributed by atoms with Crippen molar-refractivity contribution in [2.75, 3.05) is 19.0 Å². The molecule has 0 atom stereocenters. The van der Waals surface area contributed by atoms with Crippen LogP contribution in [0.4, 0.5) is 5.69 Å². The third kappa shape index (κ3) is 5.26. The number of aryl methyl sites for hydroxylation is 2. The van der Waals surface area contributed by atoms with Crippen LogP contribution >= 0.6 is 0 Å². The monoisotopic (exact) mass is 457 g/mol. The molecule has 1 aromatic heterocycles. The van der Waals surface area contributed by atoms with E-state index in [1.165, 1.54) is 19.6 Å². The van der Waals surface area contributed by atoms with Crippen molar-refractivity contribution in [3.8, 4) is 29.0 Å². The number of anilines is 1. The summed E-state index contributed by atoms with van der Waals surface area (Å²) in [6.45, 7) is 2.81. The van der Waals surface area contributed by atoms with E-state index in [4.69, 9.17) is 14.7 Å². The van der Waals surface area contributed by atoms with Crippen molar-refractivity contribution in [2.45, 2.75) is 39.2 Å². The molecule has 1 amide bonds. The number of aromatic nitrogens is 3. The minimum atomic E-state index is -0.246. The first-order chi connectivity index (χ1) is 16.6. The van der Waals surface area contributed by atoms with E-state index in [0.717, 1.165) is 59.8 Å². The van der Waals surface area contributed by atoms with E-state index in [2.05, 4.69) is 20.1 Å². The van der Waals surface area contributed by atoms with E-state index in [-0.39, 0.29) is 12.5 Å². The minimum Gasteiger partial charge on any atom is -0.493 e. The third-order valence-corrected chi connectivity index (χ3v) is 5.77. The molecule has 0 fully saturated rings. The first kappa shape index (κ1) is 23.1. The summed E-state index contributed by atoms with van der Waals surface area (Å²) in [6, 6.07) is 13.1. The van der Waals surface area contributed by atoms with Crippen molar-refractivity contribution in [2.24, 2.45) is 0 Å². The lowest BCUT2D eigenvalue weighted by Crippen LogP contribution is -2.09. The van der Waals surface area contributed by atoms with Gasteiger partial charge in [0, 0.05) is 30.3 Å². The van der Waals surface area contributed by atoms with Crippen LogP contribution in [0.1, 0.15) is 36.2 Å². The molecule has 174 valence electrons. The van der Waals surface area contributed by atoms with Crippen LogP contribution in [0.15, 0.2) is 42.5 Å². The van der Waals surface area contributed by atoms with Gasteiger partial charge in [-0.25, -0.2) is 0 Å². The number of fused-ring (bicyclic) bond motifs is 1. The number of methoxy groups -OCH3 is 1. The number of benzene rings is 2. The standard InChI is InChI=1S/C26H27N5O3/c1-18-7-10-20(26-30-29-24-6-4-3-5-14-31(24)26)17-21(18)28-25(32)12-9-19-8-11-22(34-15-13-27)23(16-19)33-2/h7-12,16-17H,3-6,14-15H2,1-2H3,(H,28,32)/b12-9+. The van der Waals surface area contributed by atoms with Gasteiger partial charge in [0.25, 0.3) is 0 Å². The van der Waals surface area contributed by atoms with Crippen LogP contribution in [0, 0.1) is 18.3 Å². The highest BCUT2D eigenvalue weighted by molar-refractivity contribution is 6.02. The van der Waals surface area contributed by atoms with E-state index >= 15 is 0 Å². The summed E-state index contributed by atoms with van der Waals surface area (Å²) in [4.78, 5) is 12.7. The molecule has 8 heteroatoms. The van der Waals surface area contributed by atoms with Gasteiger partial charge < -0.3 is 19.4 Å². The van der Waals surface area contributed by atoms with Gasteiger partial charge in [-0.3, -0.25) is 4.79 Å². The predicted octanol–water partition coefficient (Wildman–Crippen LogP) is 4.54. The minimum absolute atomic E-state index is 0.0655. The smallest absolute Gasteiger partial charge is 0.248 e. The molecule has 1 aliphatic rings. The summed E-state index contributed by atoms with van der Waals surface area (Å²) in [5, 5.41) is 20.5. The van der Waals surface area contributed by atoms with Gasteiger partial charge in [0.05, 0.1) is 7.11 Å². The molecule has 2 heterocycles. The molecule has 0 aliphatic carbocycles. The highest BCUT2D eigenvalue weighted by atomic mass is 16.5. The molecule has 2 aromatic carbocycles. The SMILES string of the molecule is COc1cc(/C=C/C(=O)Nc2cc(-c3nnc4n3CCCCC4)ccc2C)ccc1OCC#N. The van der Waals surface area contributed by atoms with E-state index in [9.17, 15) is 4.79 Å². The molecule has 4 rings (SSSR count). The van der Waals surface area contributed by atoms with Crippen LogP contribution in [-0.4, -0.2) is 34.4 Å². The molecule has 0 bridgehead atoms. The normalized spacial score (nSPS) is 13.1. The highest BCUT2D eigenvalue weighted by Crippen LogP contribution is 2.29. The quantitative estimate of drug-likeness (QED) is 0.523. The van der Waals surface area contributed by atoms with Crippen LogP contribution in [0.25, 0.3) is 17.5 Å². The molecule has 0 radical (unpaired) electrons. The summed E-state index contributed by atoms with van der Waals surface area (Å²) in [7, 11) is 1.53. The zero-order valence-electron chi connectivity index (χ0n) is 19.4. The molecule has 1 N–H and O–H groups in total. The van der Waals surface area contributed by atoms with E-state index in [1.54, 1.807) is 24.3 Å². The third-order valence-electron chi connectivity index (χ3n) is 5.77. The fourth-order valence-electron chi connectivity index (χ4n) is 3.96. The van der Waals surface area contributed by atoms with Crippen LogP contribution in [0.3, 0.4) is 0 Å². The first-order valence-electron chi connectivity index (χ1n) is 11.3. The lowest BCUT2D eigenvalue weighted by Gasteiger charge is -2.11. The summed E-state index contributed by atoms with van der Waals surface area (Å²) < 4.78 is 12.8. The number of carbonyl (C=O) groups excluding carboxylic acids is 1. The Morgan fingerprint density at radius 3 is 2.88 bits per heavy atom. The fraction of sp³-hybridized carbons (Fsp3) is 0.308. The molecule has 0 saturated heterocycles. The average Bonchev–Trinajstić information content (AvgIpc) is 3.10. The van der Waals surface area contributed by atoms with Gasteiger partial charge in [-0.15, -0.1) is 10.2 Å². The second-order valence-corrected chi connectivity index (χ2v) is 8.11. The Morgan fingerprint density at radius 1 is 1.18 bits per heavy atom. The maximum absolute atomic E-state index is 12.7. The molecule has 1 aliphatic heterocycles. The number of nitrogens with one attached hydrogen (secondary N) is 1. The van der Waals surface area contributed by atoms with Crippen molar-refractivity contribution in [3.63, 3.8) is 0 Å². The van der Waals surface area contributed by atoms with E-state index in [1.807, 2.05) is 31.2 Å². The maximum Gasteiger partial charge on any atom is 0.248 e. The Bertz CT molecular complexity index is 1260. The summed E-state index contributed by atoms with van der Waals surface area (Å²) in [6.07, 6.45) is 7.58. The van der Waals surface area contributed by atoms with Crippen molar-refractivity contribution in [3.05, 3.63) is 59.4 Å². The lowest BCUT2D eigenvalue weighted by atomic mass is 10.1. The molecule has 0 unspecified atom stereocenters. The van der Waals surface area contributed by atoms with Gasteiger partial charge in [0.15, 0.2) is 23.9 Å². The molecule has 34 heavy (non-hydrogen) atoms. The van der Waals surface area contributed by atoms with Crippen molar-refractivity contribution in [1.82, 2.24) is 14.8 Å². The van der Waals surface area contributed by atoms with Gasteiger partial charge in [0.2, 0.25) is 5.91 Å². The van der Waals surface area contributed by atoms with Crippen molar-refractivity contribution >= 4 is 17.7 Å². The summed E-state index contributed by atoms with van der Waals surface area (Å²) in [5.74, 6) is 2.59. The Kier molecular flexibility index (Phi) is 7.23. The molecule has 0 spiro atoms. The number of carbonyl (C=O) groups is 1. The largest absolute Gasteiger partial charge is 0.493 e. The number of amides is 1. The Hall–Kier alpha value is -4.12. The van der Waals surface area contributed by atoms with Crippen molar-refractivity contribution in [1.29, 1.82) is 5.26 Å². The topological polar surface area (TPSA) is 102 Å². The van der Waals surface area contributed by atoms with Crippen LogP contribution in [-0.2, 0) is 17.8 Å². The van der Waals surface area contributed by atoms with Gasteiger partial charge in [0.1, 0.15) is 11.9 Å². The highest BCUT2D eigenvalue weighted by Gasteiger charge is 2.17.